The molecule has 1 heterocycles. The number of rotatable bonds is 6. The van der Waals surface area contributed by atoms with Crippen molar-refractivity contribution in [2.45, 2.75) is 38.1 Å². The van der Waals surface area contributed by atoms with E-state index in [9.17, 15) is 0 Å². The maximum absolute atomic E-state index is 8.66. The Hall–Kier alpha value is -3.21. The standard InChI is InChI=1S/C23H24N4O/c24-22(17-11-13-20(14-12-17)28-19-9-5-2-6-10-19)21-15-25-16-26-23(21)27-18-7-3-1-4-8-18/h2,5-6,9-16,18,24H,1,3-4,7-8H2,(H,25,26,27). The molecule has 2 aromatic carbocycles. The number of aromatic nitrogens is 2. The Bertz CT molecular complexity index is 919. The lowest BCUT2D eigenvalue weighted by atomic mass is 9.95. The fourth-order valence-corrected chi connectivity index (χ4v) is 3.54. The van der Waals surface area contributed by atoms with Gasteiger partial charge in [-0.25, -0.2) is 9.97 Å². The SMILES string of the molecule is N=C(c1ccc(Oc2ccccc2)cc1)c1cncnc1NC1CCCCC1. The summed E-state index contributed by atoms with van der Waals surface area (Å²) < 4.78 is 5.84. The van der Waals surface area contributed by atoms with E-state index < -0.39 is 0 Å². The maximum atomic E-state index is 8.66. The van der Waals surface area contributed by atoms with Gasteiger partial charge < -0.3 is 10.1 Å². The molecule has 28 heavy (non-hydrogen) atoms. The molecule has 0 radical (unpaired) electrons. The molecule has 0 aliphatic heterocycles. The van der Waals surface area contributed by atoms with E-state index in [0.29, 0.717) is 11.8 Å². The summed E-state index contributed by atoms with van der Waals surface area (Å²) in [4.78, 5) is 8.55. The minimum Gasteiger partial charge on any atom is -0.457 e. The number of anilines is 1. The molecule has 4 rings (SSSR count). The lowest BCUT2D eigenvalue weighted by Gasteiger charge is -2.24. The zero-order chi connectivity index (χ0) is 19.2. The van der Waals surface area contributed by atoms with E-state index in [-0.39, 0.29) is 0 Å². The van der Waals surface area contributed by atoms with Crippen molar-refractivity contribution in [3.8, 4) is 11.5 Å². The molecule has 3 aromatic rings. The average Bonchev–Trinajstić information content (AvgIpc) is 2.76. The summed E-state index contributed by atoms with van der Waals surface area (Å²) in [6, 6.07) is 17.7. The summed E-state index contributed by atoms with van der Waals surface area (Å²) in [5.74, 6) is 2.28. The van der Waals surface area contributed by atoms with Crippen molar-refractivity contribution < 1.29 is 4.74 Å². The van der Waals surface area contributed by atoms with Gasteiger partial charge in [0.2, 0.25) is 0 Å². The van der Waals surface area contributed by atoms with Crippen LogP contribution in [0.3, 0.4) is 0 Å². The Morgan fingerprint density at radius 3 is 2.39 bits per heavy atom. The Morgan fingerprint density at radius 2 is 1.64 bits per heavy atom. The maximum Gasteiger partial charge on any atom is 0.139 e. The van der Waals surface area contributed by atoms with Gasteiger partial charge in [-0.15, -0.1) is 0 Å². The molecule has 0 unspecified atom stereocenters. The average molecular weight is 372 g/mol. The van der Waals surface area contributed by atoms with Crippen molar-refractivity contribution in [3.63, 3.8) is 0 Å². The molecule has 0 saturated heterocycles. The summed E-state index contributed by atoms with van der Waals surface area (Å²) in [6.07, 6.45) is 9.37. The first-order valence-electron chi connectivity index (χ1n) is 9.78. The topological polar surface area (TPSA) is 70.9 Å². The van der Waals surface area contributed by atoms with E-state index in [2.05, 4.69) is 15.3 Å². The molecule has 0 bridgehead atoms. The van der Waals surface area contributed by atoms with Crippen molar-refractivity contribution in [3.05, 3.63) is 78.2 Å². The van der Waals surface area contributed by atoms with Crippen LogP contribution in [-0.2, 0) is 0 Å². The summed E-state index contributed by atoms with van der Waals surface area (Å²) in [5, 5.41) is 12.2. The highest BCUT2D eigenvalue weighted by atomic mass is 16.5. The molecule has 0 spiro atoms. The molecule has 1 fully saturated rings. The Morgan fingerprint density at radius 1 is 0.929 bits per heavy atom. The van der Waals surface area contributed by atoms with Crippen molar-refractivity contribution >= 4 is 11.5 Å². The van der Waals surface area contributed by atoms with E-state index >= 15 is 0 Å². The Kier molecular flexibility index (Phi) is 5.61. The largest absolute Gasteiger partial charge is 0.457 e. The summed E-state index contributed by atoms with van der Waals surface area (Å²) in [7, 11) is 0. The second-order valence-electron chi connectivity index (χ2n) is 7.08. The van der Waals surface area contributed by atoms with Crippen LogP contribution in [-0.4, -0.2) is 21.7 Å². The number of nitrogens with one attached hydrogen (secondary N) is 2. The molecule has 5 heteroatoms. The number of para-hydroxylation sites is 1. The van der Waals surface area contributed by atoms with Gasteiger partial charge in [-0.2, -0.15) is 0 Å². The van der Waals surface area contributed by atoms with Gasteiger partial charge in [-0.3, -0.25) is 5.41 Å². The summed E-state index contributed by atoms with van der Waals surface area (Å²) >= 11 is 0. The molecular formula is C23H24N4O. The highest BCUT2D eigenvalue weighted by Gasteiger charge is 2.17. The van der Waals surface area contributed by atoms with Crippen molar-refractivity contribution in [2.75, 3.05) is 5.32 Å². The highest BCUT2D eigenvalue weighted by molar-refractivity contribution is 6.13. The number of hydrogen-bond acceptors (Lipinski definition) is 5. The van der Waals surface area contributed by atoms with Gasteiger partial charge in [0.1, 0.15) is 23.6 Å². The van der Waals surface area contributed by atoms with Gasteiger partial charge in [0, 0.05) is 17.8 Å². The van der Waals surface area contributed by atoms with Crippen LogP contribution in [0.2, 0.25) is 0 Å². The predicted molar refractivity (Wildman–Crippen MR) is 111 cm³/mol. The molecule has 0 amide bonds. The summed E-state index contributed by atoms with van der Waals surface area (Å²) in [6.45, 7) is 0. The fourth-order valence-electron chi connectivity index (χ4n) is 3.54. The third kappa shape index (κ3) is 4.36. The molecular weight excluding hydrogens is 348 g/mol. The first-order chi connectivity index (χ1) is 13.8. The molecule has 1 aromatic heterocycles. The van der Waals surface area contributed by atoms with Crippen LogP contribution in [0.25, 0.3) is 0 Å². The van der Waals surface area contributed by atoms with Crippen LogP contribution in [0.1, 0.15) is 43.2 Å². The van der Waals surface area contributed by atoms with Crippen molar-refractivity contribution in [2.24, 2.45) is 0 Å². The molecule has 1 aliphatic carbocycles. The fraction of sp³-hybridized carbons (Fsp3) is 0.261. The third-order valence-electron chi connectivity index (χ3n) is 5.05. The minimum absolute atomic E-state index is 0.408. The normalized spacial score (nSPS) is 14.4. The van der Waals surface area contributed by atoms with E-state index in [0.717, 1.165) is 41.3 Å². The Labute approximate surface area is 165 Å². The van der Waals surface area contributed by atoms with Crippen LogP contribution in [0.4, 0.5) is 5.82 Å². The number of hydrogen-bond donors (Lipinski definition) is 2. The van der Waals surface area contributed by atoms with E-state index in [1.165, 1.54) is 19.3 Å². The quantitative estimate of drug-likeness (QED) is 0.566. The molecule has 5 nitrogen and oxygen atoms in total. The zero-order valence-corrected chi connectivity index (χ0v) is 15.8. The van der Waals surface area contributed by atoms with Crippen molar-refractivity contribution in [1.29, 1.82) is 5.41 Å². The third-order valence-corrected chi connectivity index (χ3v) is 5.05. The first kappa shape index (κ1) is 18.2. The smallest absolute Gasteiger partial charge is 0.139 e. The van der Waals surface area contributed by atoms with Gasteiger partial charge in [-0.1, -0.05) is 37.5 Å². The monoisotopic (exact) mass is 372 g/mol. The van der Waals surface area contributed by atoms with Crippen LogP contribution in [0, 0.1) is 5.41 Å². The van der Waals surface area contributed by atoms with Gasteiger partial charge in [-0.05, 0) is 49.2 Å². The molecule has 1 saturated carbocycles. The molecule has 2 N–H and O–H groups in total. The second kappa shape index (κ2) is 8.65. The predicted octanol–water partition coefficient (Wildman–Crippen LogP) is 5.43. The van der Waals surface area contributed by atoms with Crippen molar-refractivity contribution in [1.82, 2.24) is 9.97 Å². The number of nitrogens with zero attached hydrogens (tertiary/aromatic N) is 2. The molecule has 1 aliphatic rings. The number of ether oxygens (including phenoxy) is 1. The lowest BCUT2D eigenvalue weighted by molar-refractivity contribution is 0.462. The zero-order valence-electron chi connectivity index (χ0n) is 15.8. The molecule has 142 valence electrons. The second-order valence-corrected chi connectivity index (χ2v) is 7.08. The van der Waals surface area contributed by atoms with E-state index in [4.69, 9.17) is 10.1 Å². The highest BCUT2D eigenvalue weighted by Crippen LogP contribution is 2.25. The van der Waals surface area contributed by atoms with Crippen LogP contribution in [0.5, 0.6) is 11.5 Å². The number of benzene rings is 2. The minimum atomic E-state index is 0.408. The van der Waals surface area contributed by atoms with E-state index in [1.807, 2.05) is 54.6 Å². The van der Waals surface area contributed by atoms with Gasteiger partial charge in [0.25, 0.3) is 0 Å². The lowest BCUT2D eigenvalue weighted by Crippen LogP contribution is -2.24. The van der Waals surface area contributed by atoms with Gasteiger partial charge in [0.15, 0.2) is 0 Å². The van der Waals surface area contributed by atoms with E-state index in [1.54, 1.807) is 12.5 Å². The Balaban J connectivity index is 1.49. The van der Waals surface area contributed by atoms with Gasteiger partial charge in [0.05, 0.1) is 11.3 Å². The van der Waals surface area contributed by atoms with Gasteiger partial charge >= 0.3 is 0 Å². The van der Waals surface area contributed by atoms with Crippen LogP contribution >= 0.6 is 0 Å². The first-order valence-corrected chi connectivity index (χ1v) is 9.78. The van der Waals surface area contributed by atoms with Crippen LogP contribution < -0.4 is 10.1 Å². The summed E-state index contributed by atoms with van der Waals surface area (Å²) in [5.41, 5.74) is 1.94. The van der Waals surface area contributed by atoms with Crippen LogP contribution in [0.15, 0.2) is 67.1 Å². The molecule has 0 atom stereocenters.